The third-order valence-electron chi connectivity index (χ3n) is 6.24. The van der Waals surface area contributed by atoms with Gasteiger partial charge in [0.1, 0.15) is 18.0 Å². The first kappa shape index (κ1) is 23.0. The molecule has 0 bridgehead atoms. The Morgan fingerprint density at radius 2 is 1.69 bits per heavy atom. The van der Waals surface area contributed by atoms with Crippen LogP contribution in [0.15, 0.2) is 91.4 Å². The van der Waals surface area contributed by atoms with Gasteiger partial charge in [0.05, 0.1) is 42.0 Å². The van der Waals surface area contributed by atoms with Crippen molar-refractivity contribution in [1.82, 2.24) is 9.55 Å². The molecule has 5 rings (SSSR count). The first-order valence-electron chi connectivity index (χ1n) is 11.4. The Morgan fingerprint density at radius 1 is 0.917 bits per heavy atom. The lowest BCUT2D eigenvalue weighted by molar-refractivity contribution is 0.0621. The minimum atomic E-state index is -0.577. The molecule has 0 aliphatic carbocycles. The number of nitrogens with zero attached hydrogens (tertiary/aromatic N) is 4. The summed E-state index contributed by atoms with van der Waals surface area (Å²) in [4.78, 5) is 4.25. The highest BCUT2D eigenvalue weighted by Crippen LogP contribution is 2.35. The van der Waals surface area contributed by atoms with Crippen LogP contribution in [-0.4, -0.2) is 9.55 Å². The number of nitriles is 2. The Labute approximate surface area is 208 Å². The number of aryl methyl sites for hydroxylation is 1. The van der Waals surface area contributed by atoms with Crippen LogP contribution in [0.5, 0.6) is 0 Å². The van der Waals surface area contributed by atoms with Gasteiger partial charge in [-0.3, -0.25) is 0 Å². The van der Waals surface area contributed by atoms with Crippen molar-refractivity contribution in [1.29, 1.82) is 10.5 Å². The van der Waals surface area contributed by atoms with Crippen LogP contribution in [-0.2, 0) is 18.4 Å². The predicted octanol–water partition coefficient (Wildman–Crippen LogP) is 6.43. The Bertz CT molecular complexity index is 1650. The third kappa shape index (κ3) is 4.34. The quantitative estimate of drug-likeness (QED) is 0.285. The minimum absolute atomic E-state index is 0.00578. The number of benzene rings is 4. The molecule has 174 valence electrons. The van der Waals surface area contributed by atoms with E-state index in [9.17, 15) is 9.65 Å². The second kappa shape index (κ2) is 9.84. The molecular formula is C30H21FN4O. The van der Waals surface area contributed by atoms with Crippen LogP contribution in [0.2, 0.25) is 0 Å². The molecule has 0 saturated heterocycles. The van der Waals surface area contributed by atoms with Gasteiger partial charge >= 0.3 is 0 Å². The number of fused-ring (bicyclic) bond motifs is 1. The number of hydrogen-bond donors (Lipinski definition) is 0. The van der Waals surface area contributed by atoms with Crippen LogP contribution in [0, 0.1) is 28.5 Å². The van der Waals surface area contributed by atoms with Crippen molar-refractivity contribution in [3.8, 4) is 23.3 Å². The van der Waals surface area contributed by atoms with Crippen LogP contribution in [0.3, 0.4) is 0 Å². The topological polar surface area (TPSA) is 74.6 Å². The van der Waals surface area contributed by atoms with Gasteiger partial charge in [-0.1, -0.05) is 54.6 Å². The molecule has 6 heteroatoms. The van der Waals surface area contributed by atoms with Crippen LogP contribution in [0.1, 0.15) is 34.1 Å². The fourth-order valence-electron chi connectivity index (χ4n) is 4.40. The molecule has 1 heterocycles. The largest absolute Gasteiger partial charge is 0.363 e. The van der Waals surface area contributed by atoms with Gasteiger partial charge < -0.3 is 9.30 Å². The number of ether oxygens (including phenoxy) is 1. The molecule has 0 aliphatic heterocycles. The summed E-state index contributed by atoms with van der Waals surface area (Å²) >= 11 is 0. The summed E-state index contributed by atoms with van der Waals surface area (Å²) in [5.74, 6) is -0.577. The van der Waals surface area contributed by atoms with E-state index in [-0.39, 0.29) is 12.2 Å². The van der Waals surface area contributed by atoms with Gasteiger partial charge in [0, 0.05) is 12.6 Å². The number of imidazole rings is 1. The zero-order valence-electron chi connectivity index (χ0n) is 19.5. The lowest BCUT2D eigenvalue weighted by Crippen LogP contribution is -2.11. The first-order valence-corrected chi connectivity index (χ1v) is 11.4. The van der Waals surface area contributed by atoms with E-state index < -0.39 is 11.9 Å². The van der Waals surface area contributed by atoms with Crippen molar-refractivity contribution in [2.45, 2.75) is 12.7 Å². The number of halogens is 1. The zero-order valence-corrected chi connectivity index (χ0v) is 19.5. The lowest BCUT2D eigenvalue weighted by atomic mass is 9.92. The second-order valence-corrected chi connectivity index (χ2v) is 8.49. The Morgan fingerprint density at radius 3 is 2.44 bits per heavy atom. The number of hydrogen-bond acceptors (Lipinski definition) is 4. The molecule has 0 spiro atoms. The van der Waals surface area contributed by atoms with E-state index in [1.807, 2.05) is 72.3 Å². The van der Waals surface area contributed by atoms with Crippen molar-refractivity contribution >= 4 is 10.8 Å². The Hall–Kier alpha value is -4.78. The number of rotatable bonds is 6. The normalized spacial score (nSPS) is 11.7. The average molecular weight is 473 g/mol. The van der Waals surface area contributed by atoms with Gasteiger partial charge in [-0.2, -0.15) is 10.5 Å². The van der Waals surface area contributed by atoms with Gasteiger partial charge in [0.15, 0.2) is 0 Å². The van der Waals surface area contributed by atoms with Crippen molar-refractivity contribution < 1.29 is 9.13 Å². The van der Waals surface area contributed by atoms with E-state index in [1.54, 1.807) is 24.7 Å². The molecule has 1 unspecified atom stereocenters. The predicted molar refractivity (Wildman–Crippen MR) is 135 cm³/mol. The molecule has 0 saturated carbocycles. The van der Waals surface area contributed by atoms with E-state index in [0.29, 0.717) is 11.1 Å². The molecule has 0 aliphatic rings. The van der Waals surface area contributed by atoms with E-state index in [2.05, 4.69) is 11.1 Å². The summed E-state index contributed by atoms with van der Waals surface area (Å²) in [7, 11) is 1.88. The molecule has 0 fully saturated rings. The van der Waals surface area contributed by atoms with Gasteiger partial charge in [0.25, 0.3) is 0 Å². The van der Waals surface area contributed by atoms with Gasteiger partial charge in [-0.25, -0.2) is 9.37 Å². The fourth-order valence-corrected chi connectivity index (χ4v) is 4.40. The lowest BCUT2D eigenvalue weighted by Gasteiger charge is -2.21. The van der Waals surface area contributed by atoms with Crippen LogP contribution >= 0.6 is 0 Å². The standard InChI is InChI=1S/C30H21FN4O/c1-35-19-34-17-29(35)30(36-18-20-9-10-24(16-33)28(31)13-20)22-11-12-23(15-32)27(14-22)26-8-4-6-21-5-2-3-7-25(21)26/h2-14,17,19,30H,18H2,1H3. The molecule has 5 aromatic rings. The molecule has 0 amide bonds. The SMILES string of the molecule is Cn1cncc1C(OCc1ccc(C#N)c(F)c1)c1ccc(C#N)c(-c2cccc3ccccc23)c1. The first-order chi connectivity index (χ1) is 17.6. The molecular weight excluding hydrogens is 451 g/mol. The fraction of sp³-hybridized carbons (Fsp3) is 0.100. The highest BCUT2D eigenvalue weighted by atomic mass is 19.1. The van der Waals surface area contributed by atoms with E-state index in [4.69, 9.17) is 10.00 Å². The molecule has 1 atom stereocenters. The molecule has 5 nitrogen and oxygen atoms in total. The second-order valence-electron chi connectivity index (χ2n) is 8.49. The third-order valence-corrected chi connectivity index (χ3v) is 6.24. The molecule has 4 aromatic carbocycles. The summed E-state index contributed by atoms with van der Waals surface area (Å²) in [6.45, 7) is 0.127. The average Bonchev–Trinajstić information content (AvgIpc) is 3.34. The molecule has 0 radical (unpaired) electrons. The smallest absolute Gasteiger partial charge is 0.141 e. The maximum absolute atomic E-state index is 14.2. The van der Waals surface area contributed by atoms with E-state index in [0.717, 1.165) is 33.2 Å². The number of aromatic nitrogens is 2. The maximum atomic E-state index is 14.2. The maximum Gasteiger partial charge on any atom is 0.141 e. The van der Waals surface area contributed by atoms with Crippen molar-refractivity contribution in [2.75, 3.05) is 0 Å². The van der Waals surface area contributed by atoms with Crippen molar-refractivity contribution in [2.24, 2.45) is 7.05 Å². The summed E-state index contributed by atoms with van der Waals surface area (Å²) in [6, 6.07) is 28.4. The zero-order chi connectivity index (χ0) is 25.1. The van der Waals surface area contributed by atoms with Crippen LogP contribution in [0.4, 0.5) is 4.39 Å². The van der Waals surface area contributed by atoms with Crippen LogP contribution < -0.4 is 0 Å². The van der Waals surface area contributed by atoms with Crippen molar-refractivity contribution in [3.05, 3.63) is 125 Å². The monoisotopic (exact) mass is 472 g/mol. The summed E-state index contributed by atoms with van der Waals surface area (Å²) in [6.07, 6.45) is 2.92. The van der Waals surface area contributed by atoms with Crippen molar-refractivity contribution in [3.63, 3.8) is 0 Å². The van der Waals surface area contributed by atoms with E-state index in [1.165, 1.54) is 12.1 Å². The Kier molecular flexibility index (Phi) is 6.28. The van der Waals surface area contributed by atoms with E-state index >= 15 is 0 Å². The highest BCUT2D eigenvalue weighted by Gasteiger charge is 2.21. The molecule has 1 aromatic heterocycles. The minimum Gasteiger partial charge on any atom is -0.363 e. The highest BCUT2D eigenvalue weighted by molar-refractivity contribution is 5.97. The van der Waals surface area contributed by atoms with Gasteiger partial charge in [-0.15, -0.1) is 0 Å². The molecule has 36 heavy (non-hydrogen) atoms. The summed E-state index contributed by atoms with van der Waals surface area (Å²) in [5, 5.41) is 21.0. The summed E-state index contributed by atoms with van der Waals surface area (Å²) in [5.41, 5.74) is 4.60. The summed E-state index contributed by atoms with van der Waals surface area (Å²) < 4.78 is 22.4. The Balaban J connectivity index is 1.58. The molecule has 0 N–H and O–H groups in total. The van der Waals surface area contributed by atoms with Gasteiger partial charge in [-0.05, 0) is 51.7 Å². The van der Waals surface area contributed by atoms with Gasteiger partial charge in [0.2, 0.25) is 0 Å². The van der Waals surface area contributed by atoms with Crippen LogP contribution in [0.25, 0.3) is 21.9 Å².